The monoisotopic (exact) mass is 105 g/mol. The molecule has 0 aliphatic carbocycles. The molecule has 0 aromatic rings. The first kappa shape index (κ1) is 5.82. The van der Waals surface area contributed by atoms with Gasteiger partial charge in [-0.05, 0) is 11.8 Å². The summed E-state index contributed by atoms with van der Waals surface area (Å²) in [6, 6.07) is 0. The van der Waals surface area contributed by atoms with Crippen molar-refractivity contribution in [2.45, 2.75) is 6.92 Å². The number of rotatable bonds is 1. The van der Waals surface area contributed by atoms with E-state index in [0.29, 0.717) is 5.17 Å². The smallest absolute Gasteiger partial charge is 0.282 e. The third-order valence-electron chi connectivity index (χ3n) is 0.311. The molecule has 0 spiro atoms. The lowest BCUT2D eigenvalue weighted by Crippen LogP contribution is -2.43. The van der Waals surface area contributed by atoms with Crippen molar-refractivity contribution in [3.05, 3.63) is 0 Å². The van der Waals surface area contributed by atoms with Crippen molar-refractivity contribution in [3.63, 3.8) is 0 Å². The average molecular weight is 105 g/mol. The van der Waals surface area contributed by atoms with Gasteiger partial charge in [0.25, 0.3) is 5.17 Å². The first-order chi connectivity index (χ1) is 2.77. The minimum Gasteiger partial charge on any atom is -0.282 e. The maximum Gasteiger partial charge on any atom is 0.299 e. The third-order valence-corrected chi connectivity index (χ3v) is 0.933. The maximum atomic E-state index is 5.06. The van der Waals surface area contributed by atoms with E-state index < -0.39 is 0 Å². The second-order valence-electron chi connectivity index (χ2n) is 0.835. The molecular formula is C3H9N2S+. The van der Waals surface area contributed by atoms with Gasteiger partial charge in [0.2, 0.25) is 0 Å². The fraction of sp³-hybridized carbons (Fsp3) is 0.667. The summed E-state index contributed by atoms with van der Waals surface area (Å²) in [6.07, 6.45) is 0. The Morgan fingerprint density at radius 1 is 2.00 bits per heavy atom. The minimum absolute atomic E-state index is 0.456. The van der Waals surface area contributed by atoms with Gasteiger partial charge in [0.15, 0.2) is 0 Å². The number of thioether (sulfide) groups is 1. The van der Waals surface area contributed by atoms with Crippen LogP contribution >= 0.6 is 11.8 Å². The fourth-order valence-electron chi connectivity index (χ4n) is 0.167. The van der Waals surface area contributed by atoms with Gasteiger partial charge < -0.3 is 0 Å². The highest BCUT2D eigenvalue weighted by Gasteiger charge is 1.87. The van der Waals surface area contributed by atoms with Gasteiger partial charge in [-0.15, -0.1) is 0 Å². The van der Waals surface area contributed by atoms with Gasteiger partial charge in [0, 0.05) is 5.75 Å². The summed E-state index contributed by atoms with van der Waals surface area (Å²) >= 11 is 1.46. The van der Waals surface area contributed by atoms with E-state index in [1.54, 1.807) is 0 Å². The summed E-state index contributed by atoms with van der Waals surface area (Å²) in [5, 5.41) is 5.52. The standard InChI is InChI=1S/C3H8N2S/c1-2-6-3(4)5/h2H2,1H3,(H3,4,5)/p+1. The Labute approximate surface area is 41.6 Å². The van der Waals surface area contributed by atoms with Crippen molar-refractivity contribution in [1.29, 1.82) is 0 Å². The van der Waals surface area contributed by atoms with E-state index in [-0.39, 0.29) is 0 Å². The first-order valence-electron chi connectivity index (χ1n) is 1.78. The molecule has 0 unspecified atom stereocenters. The topological polar surface area (TPSA) is 51.6 Å². The van der Waals surface area contributed by atoms with Crippen LogP contribution in [0.3, 0.4) is 0 Å². The normalized spacial score (nSPS) is 8.17. The molecule has 3 heteroatoms. The predicted octanol–water partition coefficient (Wildman–Crippen LogP) is -1.19. The quantitative estimate of drug-likeness (QED) is 0.325. The van der Waals surface area contributed by atoms with E-state index in [4.69, 9.17) is 11.1 Å². The van der Waals surface area contributed by atoms with E-state index in [0.717, 1.165) is 5.75 Å². The summed E-state index contributed by atoms with van der Waals surface area (Å²) < 4.78 is 0. The zero-order valence-corrected chi connectivity index (χ0v) is 4.59. The molecule has 0 fully saturated rings. The van der Waals surface area contributed by atoms with Crippen molar-refractivity contribution in [2.24, 2.45) is 5.73 Å². The van der Waals surface area contributed by atoms with Crippen LogP contribution < -0.4 is 11.1 Å². The highest BCUT2D eigenvalue weighted by atomic mass is 32.2. The molecular weight excluding hydrogens is 96.1 g/mol. The zero-order valence-electron chi connectivity index (χ0n) is 3.77. The van der Waals surface area contributed by atoms with Gasteiger partial charge >= 0.3 is 0 Å². The fourth-order valence-corrected chi connectivity index (χ4v) is 0.500. The Morgan fingerprint density at radius 2 is 2.50 bits per heavy atom. The Hall–Kier alpha value is -0.180. The molecule has 0 amide bonds. The van der Waals surface area contributed by atoms with E-state index >= 15 is 0 Å². The van der Waals surface area contributed by atoms with Crippen LogP contribution in [0.5, 0.6) is 0 Å². The van der Waals surface area contributed by atoms with Crippen LogP contribution in [0.25, 0.3) is 0 Å². The lowest BCUT2D eigenvalue weighted by Gasteiger charge is -1.78. The van der Waals surface area contributed by atoms with Crippen LogP contribution in [0.2, 0.25) is 0 Å². The number of nitrogens with two attached hydrogens (primary N) is 2. The summed E-state index contributed by atoms with van der Waals surface area (Å²) in [7, 11) is 0. The molecule has 0 atom stereocenters. The molecule has 0 bridgehead atoms. The number of hydrogen-bond donors (Lipinski definition) is 2. The van der Waals surface area contributed by atoms with Crippen molar-refractivity contribution in [2.75, 3.05) is 5.75 Å². The number of hydrogen-bond acceptors (Lipinski definition) is 1. The Kier molecular flexibility index (Phi) is 2.94. The van der Waals surface area contributed by atoms with Crippen LogP contribution in [0.4, 0.5) is 0 Å². The highest BCUT2D eigenvalue weighted by Crippen LogP contribution is 1.89. The first-order valence-corrected chi connectivity index (χ1v) is 2.76. The lowest BCUT2D eigenvalue weighted by atomic mass is 11.0. The summed E-state index contributed by atoms with van der Waals surface area (Å²) in [4.78, 5) is 0. The molecule has 0 aliphatic heterocycles. The molecule has 36 valence electrons. The average Bonchev–Trinajstić information content (AvgIpc) is 1.35. The van der Waals surface area contributed by atoms with Crippen LogP contribution in [-0.4, -0.2) is 10.9 Å². The van der Waals surface area contributed by atoms with E-state index in [2.05, 4.69) is 0 Å². The minimum atomic E-state index is 0.456. The largest absolute Gasteiger partial charge is 0.299 e. The molecule has 0 aromatic carbocycles. The second kappa shape index (κ2) is 3.03. The molecule has 0 radical (unpaired) electrons. The van der Waals surface area contributed by atoms with Crippen molar-refractivity contribution in [1.82, 2.24) is 0 Å². The van der Waals surface area contributed by atoms with E-state index in [1.807, 2.05) is 6.92 Å². The van der Waals surface area contributed by atoms with Crippen LogP contribution in [0, 0.1) is 0 Å². The SMILES string of the molecule is CCSC(N)=[NH2+]. The zero-order chi connectivity index (χ0) is 4.99. The summed E-state index contributed by atoms with van der Waals surface area (Å²) in [5.74, 6) is 0.961. The molecule has 0 heterocycles. The van der Waals surface area contributed by atoms with Gasteiger partial charge in [-0.3, -0.25) is 11.1 Å². The van der Waals surface area contributed by atoms with E-state index in [9.17, 15) is 0 Å². The second-order valence-corrected chi connectivity index (χ2v) is 2.17. The van der Waals surface area contributed by atoms with Crippen LogP contribution in [0.15, 0.2) is 0 Å². The van der Waals surface area contributed by atoms with Crippen LogP contribution in [0.1, 0.15) is 6.92 Å². The van der Waals surface area contributed by atoms with Crippen LogP contribution in [-0.2, 0) is 0 Å². The molecule has 0 rings (SSSR count). The van der Waals surface area contributed by atoms with Crippen molar-refractivity contribution < 1.29 is 5.41 Å². The van der Waals surface area contributed by atoms with Gasteiger partial charge in [0.1, 0.15) is 0 Å². The molecule has 4 N–H and O–H groups in total. The Morgan fingerprint density at radius 3 is 2.50 bits per heavy atom. The summed E-state index contributed by atoms with van der Waals surface area (Å²) in [5.41, 5.74) is 5.06. The molecule has 0 aliphatic rings. The predicted molar refractivity (Wildman–Crippen MR) is 29.3 cm³/mol. The maximum absolute atomic E-state index is 5.06. The Balaban J connectivity index is 2.83. The molecule has 6 heavy (non-hydrogen) atoms. The van der Waals surface area contributed by atoms with E-state index in [1.165, 1.54) is 11.8 Å². The molecule has 2 nitrogen and oxygen atoms in total. The van der Waals surface area contributed by atoms with Gasteiger partial charge in [-0.25, -0.2) is 0 Å². The highest BCUT2D eigenvalue weighted by molar-refractivity contribution is 8.13. The lowest BCUT2D eigenvalue weighted by molar-refractivity contribution is -0.110. The van der Waals surface area contributed by atoms with Crippen molar-refractivity contribution in [3.8, 4) is 0 Å². The Bertz CT molecular complexity index is 52.8. The molecule has 0 aromatic heterocycles. The third kappa shape index (κ3) is 3.82. The summed E-state index contributed by atoms with van der Waals surface area (Å²) in [6.45, 7) is 2.00. The molecule has 0 saturated carbocycles. The van der Waals surface area contributed by atoms with Gasteiger partial charge in [0.05, 0.1) is 0 Å². The van der Waals surface area contributed by atoms with Gasteiger partial charge in [-0.2, -0.15) is 0 Å². The van der Waals surface area contributed by atoms with Crippen molar-refractivity contribution >= 4 is 16.9 Å². The number of amidine groups is 1. The molecule has 0 saturated heterocycles. The van der Waals surface area contributed by atoms with Gasteiger partial charge in [-0.1, -0.05) is 6.92 Å².